The summed E-state index contributed by atoms with van der Waals surface area (Å²) in [5.74, 6) is -0.788. The topological polar surface area (TPSA) is 246 Å². The number of fused-ring (bicyclic) bond motifs is 2. The fourth-order valence-electron chi connectivity index (χ4n) is 13.5. The first-order chi connectivity index (χ1) is 45.1. The van der Waals surface area contributed by atoms with Gasteiger partial charge < -0.3 is 54.8 Å². The number of rotatable bonds is 19. The predicted molar refractivity (Wildman–Crippen MR) is 387 cm³/mol. The lowest BCUT2D eigenvalue weighted by atomic mass is 10.0. The monoisotopic (exact) mass is 1380 g/mol. The van der Waals surface area contributed by atoms with Gasteiger partial charge in [0.2, 0.25) is 11.8 Å². The first kappa shape index (κ1) is 80.6. The molecular weight excluding hydrogens is 1260 g/mol. The highest BCUT2D eigenvalue weighted by molar-refractivity contribution is 5.94. The second kappa shape index (κ2) is 32.1. The third-order valence-electron chi connectivity index (χ3n) is 19.1. The zero-order valence-corrected chi connectivity index (χ0v) is 63.0. The number of hydrogen-bond acceptors (Lipinski definition) is 15. The van der Waals surface area contributed by atoms with Crippen molar-refractivity contribution in [1.29, 1.82) is 0 Å². The maximum Gasteiger partial charge on any atom is 0.408 e. The summed E-state index contributed by atoms with van der Waals surface area (Å²) in [5.41, 5.74) is 2.22. The van der Waals surface area contributed by atoms with E-state index in [0.29, 0.717) is 51.2 Å². The largest absolute Gasteiger partial charge is 0.459 e. The molecule has 0 heterocycles. The van der Waals surface area contributed by atoms with Crippen LogP contribution in [0.4, 0.5) is 4.79 Å². The first-order valence-corrected chi connectivity index (χ1v) is 35.7. The quantitative estimate of drug-likeness (QED) is 0.0504. The highest BCUT2D eigenvalue weighted by Crippen LogP contribution is 2.51. The third kappa shape index (κ3) is 21.8. The molecule has 0 radical (unpaired) electrons. The molecule has 0 aromatic heterocycles. The summed E-state index contributed by atoms with van der Waals surface area (Å²) in [6.45, 7) is 36.8. The Balaban J connectivity index is 0.000000249. The Bertz CT molecular complexity index is 3270. The van der Waals surface area contributed by atoms with Crippen molar-refractivity contribution in [2.75, 3.05) is 0 Å². The molecule has 0 saturated heterocycles. The molecule has 6 fully saturated rings. The van der Waals surface area contributed by atoms with E-state index in [4.69, 9.17) is 38.9 Å². The van der Waals surface area contributed by atoms with E-state index in [1.165, 1.54) is 32.7 Å². The van der Waals surface area contributed by atoms with Gasteiger partial charge in [0.15, 0.2) is 0 Å². The molecule has 0 bridgehead atoms. The van der Waals surface area contributed by atoms with E-state index in [1.807, 2.05) is 121 Å². The molecule has 0 aliphatic heterocycles. The predicted octanol–water partition coefficient (Wildman–Crippen LogP) is 15.4. The Kier molecular flexibility index (Phi) is 26.4. The van der Waals surface area contributed by atoms with Gasteiger partial charge in [0.1, 0.15) is 50.2 Å². The fourth-order valence-corrected chi connectivity index (χ4v) is 13.5. The molecule has 0 spiro atoms. The molecule has 19 heteroatoms. The number of benzene rings is 4. The number of carbonyl (C=O) groups is 7. The maximum atomic E-state index is 13.1. The molecule has 10 rings (SSSR count). The van der Waals surface area contributed by atoms with Crippen molar-refractivity contribution in [2.24, 2.45) is 41.2 Å². The van der Waals surface area contributed by atoms with E-state index in [9.17, 15) is 33.6 Å². The van der Waals surface area contributed by atoms with Gasteiger partial charge in [0, 0.05) is 13.3 Å². The van der Waals surface area contributed by atoms with Gasteiger partial charge >= 0.3 is 30.0 Å². The average Bonchev–Trinajstić information content (AvgIpc) is 1.60. The zero-order chi connectivity index (χ0) is 71.9. The molecule has 0 unspecified atom stereocenters. The normalized spacial score (nSPS) is 27.5. The number of hydrogen-bond donors (Lipinski definition) is 4. The van der Waals surface area contributed by atoms with Crippen LogP contribution in [-0.4, -0.2) is 104 Å². The summed E-state index contributed by atoms with van der Waals surface area (Å²) >= 11 is 0. The van der Waals surface area contributed by atoms with Crippen LogP contribution in [0.3, 0.4) is 0 Å². The molecule has 5 N–H and O–H groups in total. The van der Waals surface area contributed by atoms with Gasteiger partial charge in [-0.3, -0.25) is 14.4 Å². The Morgan fingerprint density at radius 3 is 1.05 bits per heavy atom. The van der Waals surface area contributed by atoms with Gasteiger partial charge in [-0.25, -0.2) is 19.2 Å². The molecule has 546 valence electrons. The van der Waals surface area contributed by atoms with Crippen LogP contribution < -0.4 is 21.7 Å². The standard InChI is InChI=1S/2C27H35NO4.C15H27NO4.C10H19NO2.ClH.H2/c2*1-5-21-16-27(21,25(30)32-26(2,3)4)28-24(29)19-13-14-22(15-19)31-17-20-11-8-10-18-9-6-7-12-23(18)20;1-8-10-9-15(10,11(17)19-13(2,3)4)16-12(18)20-14(5,6)7;1-5-7-6-10(7,11)8(12)13-9(2,3)4;;/h2*6-12,19,21-22H,5,13-17H2,1-4H3,(H,28,29);10H,8-9H2,1-7H3,(H,16,18);7H,5-6,11H2,1-4H3;2*1H/t2*19-,21-,22-,27+;10-,15-;7-,10+;;/m0010../s1. The third-order valence-corrected chi connectivity index (χ3v) is 19.1. The Morgan fingerprint density at radius 1 is 0.418 bits per heavy atom. The number of esters is 4. The molecule has 3 amide bonds. The SMILES string of the molecule is CC[C@@H]1C[C@]1(NC(=O)OC(C)(C)C)C(=O)OC(C)(C)C.CC[C@H]1C[C@]1(N)C(=O)OC(C)(C)C.CC[C@H]1C[C@]1(NC(=O)[C@H]1CC[C@H](OCc2cccc3ccccc23)C1)C(=O)OC(C)(C)C.CC[C@H]1C[C@]1(NC(=O)[C@H]1CC[C@H](OCc2cccc3ccccc23)C1)C(=O)OC(C)(C)C.Cl.[HH]. The minimum atomic E-state index is -0.912. The Morgan fingerprint density at radius 2 is 0.735 bits per heavy atom. The van der Waals surface area contributed by atoms with Crippen molar-refractivity contribution in [3.05, 3.63) is 96.1 Å². The number of nitrogens with two attached hydrogens (primary N) is 1. The van der Waals surface area contributed by atoms with Crippen LogP contribution in [0.15, 0.2) is 84.9 Å². The van der Waals surface area contributed by atoms with Gasteiger partial charge in [0.05, 0.1) is 25.4 Å². The van der Waals surface area contributed by atoms with Crippen molar-refractivity contribution in [2.45, 2.75) is 297 Å². The number of halogens is 1. The molecule has 98 heavy (non-hydrogen) atoms. The maximum absolute atomic E-state index is 13.1. The molecule has 18 nitrogen and oxygen atoms in total. The highest BCUT2D eigenvalue weighted by atomic mass is 35.5. The summed E-state index contributed by atoms with van der Waals surface area (Å²) in [4.78, 5) is 87.6. The summed E-state index contributed by atoms with van der Waals surface area (Å²) in [7, 11) is 0. The van der Waals surface area contributed by atoms with Crippen molar-refractivity contribution in [3.63, 3.8) is 0 Å². The van der Waals surface area contributed by atoms with Gasteiger partial charge in [-0.05, 0) is 224 Å². The van der Waals surface area contributed by atoms with E-state index in [0.717, 1.165) is 57.8 Å². The first-order valence-electron chi connectivity index (χ1n) is 35.7. The summed E-state index contributed by atoms with van der Waals surface area (Å²) in [6, 6.07) is 29.2. The van der Waals surface area contributed by atoms with Crippen LogP contribution in [0.1, 0.15) is 234 Å². The van der Waals surface area contributed by atoms with E-state index in [-0.39, 0.29) is 91.3 Å². The van der Waals surface area contributed by atoms with E-state index >= 15 is 0 Å². The molecule has 12 atom stereocenters. The van der Waals surface area contributed by atoms with E-state index in [1.54, 1.807) is 20.8 Å². The van der Waals surface area contributed by atoms with Gasteiger partial charge in [0.25, 0.3) is 0 Å². The van der Waals surface area contributed by atoms with Crippen molar-refractivity contribution < 1.29 is 68.1 Å². The van der Waals surface area contributed by atoms with Crippen molar-refractivity contribution >= 4 is 75.7 Å². The lowest BCUT2D eigenvalue weighted by Crippen LogP contribution is -2.49. The van der Waals surface area contributed by atoms with Crippen LogP contribution in [0.2, 0.25) is 0 Å². The van der Waals surface area contributed by atoms with Crippen LogP contribution in [0, 0.1) is 35.5 Å². The van der Waals surface area contributed by atoms with Crippen LogP contribution in [0.25, 0.3) is 21.5 Å². The van der Waals surface area contributed by atoms with E-state index < -0.39 is 56.3 Å². The second-order valence-corrected chi connectivity index (χ2v) is 33.0. The van der Waals surface area contributed by atoms with Gasteiger partial charge in [-0.15, -0.1) is 12.4 Å². The van der Waals surface area contributed by atoms with Crippen molar-refractivity contribution in [3.8, 4) is 0 Å². The molecule has 6 aliphatic rings. The second-order valence-electron chi connectivity index (χ2n) is 33.0. The zero-order valence-electron chi connectivity index (χ0n) is 62.2. The lowest BCUT2D eigenvalue weighted by Gasteiger charge is -2.27. The fraction of sp³-hybridized carbons (Fsp3) is 0.658. The van der Waals surface area contributed by atoms with Crippen LogP contribution >= 0.6 is 12.4 Å². The minimum Gasteiger partial charge on any atom is -0.459 e. The van der Waals surface area contributed by atoms with Gasteiger partial charge in [-0.1, -0.05) is 138 Å². The van der Waals surface area contributed by atoms with E-state index in [2.05, 4.69) is 90.5 Å². The number of carbonyl (C=O) groups excluding carboxylic acids is 7. The van der Waals surface area contributed by atoms with Crippen LogP contribution in [-0.2, 0) is 75.1 Å². The Hall–Kier alpha value is -6.34. The number of ether oxygens (including phenoxy) is 7. The summed E-state index contributed by atoms with van der Waals surface area (Å²) in [6.07, 6.45) is 10.4. The minimum absolute atomic E-state index is 0. The molecule has 6 aliphatic carbocycles. The molecular formula is C79H119ClN4O14. The average molecular weight is 1380 g/mol. The van der Waals surface area contributed by atoms with Crippen LogP contribution in [0.5, 0.6) is 0 Å². The van der Waals surface area contributed by atoms with Gasteiger partial charge in [-0.2, -0.15) is 0 Å². The number of nitrogens with one attached hydrogen (secondary N) is 3. The Labute approximate surface area is 591 Å². The molecule has 6 saturated carbocycles. The van der Waals surface area contributed by atoms with Crippen molar-refractivity contribution in [1.82, 2.24) is 16.0 Å². The molecule has 4 aromatic rings. The summed E-state index contributed by atoms with van der Waals surface area (Å²) in [5, 5.41) is 13.7. The summed E-state index contributed by atoms with van der Waals surface area (Å²) < 4.78 is 39.5. The lowest BCUT2D eigenvalue weighted by molar-refractivity contribution is -0.161. The smallest absolute Gasteiger partial charge is 0.408 e. The number of alkyl carbamates (subject to hydrolysis) is 1. The highest BCUT2D eigenvalue weighted by Gasteiger charge is 2.65. The molecule has 4 aromatic carbocycles. The number of amides is 3.